The van der Waals surface area contributed by atoms with E-state index in [-0.39, 0.29) is 18.6 Å². The van der Waals surface area contributed by atoms with Crippen molar-refractivity contribution >= 4 is 11.6 Å². The molecule has 1 unspecified atom stereocenters. The van der Waals surface area contributed by atoms with Crippen molar-refractivity contribution in [1.82, 2.24) is 10.2 Å². The Morgan fingerprint density at radius 1 is 1.00 bits per heavy atom. The van der Waals surface area contributed by atoms with Crippen LogP contribution in [0.1, 0.15) is 11.6 Å². The molecule has 31 heavy (non-hydrogen) atoms. The molecule has 1 atom stereocenters. The fourth-order valence-electron chi connectivity index (χ4n) is 3.63. The second-order valence-corrected chi connectivity index (χ2v) is 7.03. The number of hydrogen-bond donors (Lipinski definition) is 0. The Balaban J connectivity index is 1.36. The maximum Gasteiger partial charge on any atom is 0.265 e. The van der Waals surface area contributed by atoms with Crippen molar-refractivity contribution in [1.29, 1.82) is 0 Å². The van der Waals surface area contributed by atoms with Crippen LogP contribution in [0.3, 0.4) is 0 Å². The van der Waals surface area contributed by atoms with Gasteiger partial charge in [0.2, 0.25) is 12.3 Å². The van der Waals surface area contributed by atoms with Gasteiger partial charge >= 0.3 is 0 Å². The first kappa shape index (κ1) is 18.9. The second-order valence-electron chi connectivity index (χ2n) is 7.03. The molecule has 1 aromatic heterocycles. The average Bonchev–Trinajstić information content (AvgIpc) is 3.38. The summed E-state index contributed by atoms with van der Waals surface area (Å²) >= 11 is 0. The standard InChI is InChI=1S/C24H19N3O4/c28-23(15-29-19-12-10-18(11-13-19)24-26-25-16-31-24)27-20-8-4-5-9-22(20)30-14-21(27)17-6-2-1-3-7-17/h1-13,16,21H,14-15H2. The van der Waals surface area contributed by atoms with Crippen LogP contribution in [0, 0.1) is 0 Å². The van der Waals surface area contributed by atoms with Crippen LogP contribution in [-0.2, 0) is 4.79 Å². The van der Waals surface area contributed by atoms with Gasteiger partial charge in [0.15, 0.2) is 6.61 Å². The van der Waals surface area contributed by atoms with Crippen molar-refractivity contribution in [2.45, 2.75) is 6.04 Å². The van der Waals surface area contributed by atoms with Crippen LogP contribution in [0.15, 0.2) is 89.7 Å². The van der Waals surface area contributed by atoms with Gasteiger partial charge in [0, 0.05) is 5.56 Å². The highest BCUT2D eigenvalue weighted by Gasteiger charge is 2.33. The summed E-state index contributed by atoms with van der Waals surface area (Å²) in [7, 11) is 0. The first-order chi connectivity index (χ1) is 15.3. The van der Waals surface area contributed by atoms with Crippen LogP contribution in [-0.4, -0.2) is 29.3 Å². The van der Waals surface area contributed by atoms with E-state index in [1.54, 1.807) is 17.0 Å². The first-order valence-corrected chi connectivity index (χ1v) is 9.88. The molecule has 0 radical (unpaired) electrons. The third-order valence-electron chi connectivity index (χ3n) is 5.11. The minimum atomic E-state index is -0.230. The fourth-order valence-corrected chi connectivity index (χ4v) is 3.63. The summed E-state index contributed by atoms with van der Waals surface area (Å²) in [4.78, 5) is 15.0. The van der Waals surface area contributed by atoms with Crippen molar-refractivity contribution in [2.75, 3.05) is 18.1 Å². The SMILES string of the molecule is O=C(COc1ccc(-c2nnco2)cc1)N1c2ccccc2OCC1c1ccccc1. The molecule has 0 N–H and O–H groups in total. The van der Waals surface area contributed by atoms with Gasteiger partial charge in [-0.05, 0) is 42.0 Å². The Morgan fingerprint density at radius 3 is 2.55 bits per heavy atom. The maximum absolute atomic E-state index is 13.3. The highest BCUT2D eigenvalue weighted by atomic mass is 16.5. The van der Waals surface area contributed by atoms with Gasteiger partial charge in [0.05, 0.1) is 11.7 Å². The van der Waals surface area contributed by atoms with Crippen LogP contribution in [0.2, 0.25) is 0 Å². The van der Waals surface area contributed by atoms with Gasteiger partial charge in [0.25, 0.3) is 5.91 Å². The number of aromatic nitrogens is 2. The number of carbonyl (C=O) groups is 1. The van der Waals surface area contributed by atoms with E-state index in [9.17, 15) is 4.79 Å². The molecule has 0 bridgehead atoms. The van der Waals surface area contributed by atoms with Gasteiger partial charge < -0.3 is 13.9 Å². The molecule has 5 rings (SSSR count). The Labute approximate surface area is 178 Å². The van der Waals surface area contributed by atoms with Gasteiger partial charge in [0.1, 0.15) is 18.1 Å². The van der Waals surface area contributed by atoms with Crippen molar-refractivity contribution in [3.8, 4) is 23.0 Å². The van der Waals surface area contributed by atoms with Crippen molar-refractivity contribution in [3.05, 3.63) is 90.8 Å². The van der Waals surface area contributed by atoms with E-state index < -0.39 is 0 Å². The first-order valence-electron chi connectivity index (χ1n) is 9.88. The number of amides is 1. The van der Waals surface area contributed by atoms with Crippen molar-refractivity contribution < 1.29 is 18.7 Å². The van der Waals surface area contributed by atoms with Crippen molar-refractivity contribution in [3.63, 3.8) is 0 Å². The predicted octanol–water partition coefficient (Wildman–Crippen LogP) is 4.28. The number of anilines is 1. The number of ether oxygens (including phenoxy) is 2. The van der Waals surface area contributed by atoms with Gasteiger partial charge in [-0.25, -0.2) is 0 Å². The quantitative estimate of drug-likeness (QED) is 0.486. The van der Waals surface area contributed by atoms with Crippen molar-refractivity contribution in [2.24, 2.45) is 0 Å². The topological polar surface area (TPSA) is 77.7 Å². The lowest BCUT2D eigenvalue weighted by molar-refractivity contribution is -0.121. The Bertz CT molecular complexity index is 1160. The van der Waals surface area contributed by atoms with Crippen LogP contribution in [0.4, 0.5) is 5.69 Å². The van der Waals surface area contributed by atoms with E-state index in [1.807, 2.05) is 66.7 Å². The van der Waals surface area contributed by atoms with Crippen LogP contribution in [0.25, 0.3) is 11.5 Å². The zero-order chi connectivity index (χ0) is 21.0. The molecule has 2 heterocycles. The largest absolute Gasteiger partial charge is 0.489 e. The number of benzene rings is 3. The molecular formula is C24H19N3O4. The third kappa shape index (κ3) is 3.85. The minimum absolute atomic E-state index is 0.0996. The second kappa shape index (κ2) is 8.31. The number of rotatable bonds is 5. The molecule has 3 aromatic carbocycles. The lowest BCUT2D eigenvalue weighted by Crippen LogP contribution is -2.43. The van der Waals surface area contributed by atoms with Crippen LogP contribution >= 0.6 is 0 Å². The molecule has 0 aliphatic carbocycles. The van der Waals surface area contributed by atoms with Crippen LogP contribution < -0.4 is 14.4 Å². The summed E-state index contributed by atoms with van der Waals surface area (Å²) < 4.78 is 16.9. The summed E-state index contributed by atoms with van der Waals surface area (Å²) in [5.41, 5.74) is 2.53. The number of nitrogens with zero attached hydrogens (tertiary/aromatic N) is 3. The van der Waals surface area contributed by atoms with E-state index in [0.29, 0.717) is 24.0 Å². The molecule has 154 valence electrons. The summed E-state index contributed by atoms with van der Waals surface area (Å²) in [5, 5.41) is 7.55. The van der Waals surface area contributed by atoms with E-state index in [2.05, 4.69) is 10.2 Å². The smallest absolute Gasteiger partial charge is 0.265 e. The summed E-state index contributed by atoms with van der Waals surface area (Å²) in [6, 6.07) is 24.4. The normalized spacial score (nSPS) is 15.1. The average molecular weight is 413 g/mol. The van der Waals surface area contributed by atoms with Gasteiger partial charge in [-0.15, -0.1) is 10.2 Å². The molecule has 7 heteroatoms. The molecule has 7 nitrogen and oxygen atoms in total. The molecule has 1 aliphatic rings. The Hall–Kier alpha value is -4.13. The predicted molar refractivity (Wildman–Crippen MR) is 114 cm³/mol. The van der Waals surface area contributed by atoms with E-state index in [1.165, 1.54) is 6.39 Å². The zero-order valence-electron chi connectivity index (χ0n) is 16.5. The fraction of sp³-hybridized carbons (Fsp3) is 0.125. The number of hydrogen-bond acceptors (Lipinski definition) is 6. The van der Waals surface area contributed by atoms with E-state index in [4.69, 9.17) is 13.9 Å². The van der Waals surface area contributed by atoms with Gasteiger partial charge in [-0.2, -0.15) is 0 Å². The zero-order valence-corrected chi connectivity index (χ0v) is 16.5. The molecule has 0 spiro atoms. The molecule has 0 saturated carbocycles. The molecular weight excluding hydrogens is 394 g/mol. The van der Waals surface area contributed by atoms with Crippen LogP contribution in [0.5, 0.6) is 11.5 Å². The Morgan fingerprint density at radius 2 is 1.77 bits per heavy atom. The Kier molecular flexibility index (Phi) is 5.06. The highest BCUT2D eigenvalue weighted by molar-refractivity contribution is 5.97. The van der Waals surface area contributed by atoms with Gasteiger partial charge in [-0.3, -0.25) is 9.69 Å². The summed E-state index contributed by atoms with van der Waals surface area (Å²) in [6.45, 7) is 0.281. The molecule has 4 aromatic rings. The minimum Gasteiger partial charge on any atom is -0.489 e. The lowest BCUT2D eigenvalue weighted by atomic mass is 10.0. The van der Waals surface area contributed by atoms with Gasteiger partial charge in [-0.1, -0.05) is 42.5 Å². The molecule has 1 amide bonds. The molecule has 0 fully saturated rings. The van der Waals surface area contributed by atoms with E-state index in [0.717, 1.165) is 16.8 Å². The number of fused-ring (bicyclic) bond motifs is 1. The van der Waals surface area contributed by atoms with E-state index >= 15 is 0 Å². The summed E-state index contributed by atoms with van der Waals surface area (Å²) in [5.74, 6) is 1.55. The molecule has 1 aliphatic heterocycles. The third-order valence-corrected chi connectivity index (χ3v) is 5.11. The monoisotopic (exact) mass is 413 g/mol. The number of para-hydroxylation sites is 2. The molecule has 0 saturated heterocycles. The highest BCUT2D eigenvalue weighted by Crippen LogP contribution is 2.39. The lowest BCUT2D eigenvalue weighted by Gasteiger charge is -2.37. The summed E-state index contributed by atoms with van der Waals surface area (Å²) in [6.07, 6.45) is 1.28. The number of carbonyl (C=O) groups excluding carboxylic acids is 1. The maximum atomic E-state index is 13.3.